The van der Waals surface area contributed by atoms with Crippen molar-refractivity contribution in [2.24, 2.45) is 5.92 Å². The van der Waals surface area contributed by atoms with Crippen LogP contribution >= 0.6 is 0 Å². The number of nitrogens with one attached hydrogen (secondary N) is 1. The summed E-state index contributed by atoms with van der Waals surface area (Å²) in [5.74, 6) is 0.501. The molecule has 0 bridgehead atoms. The Morgan fingerprint density at radius 1 is 1.47 bits per heavy atom. The first-order chi connectivity index (χ1) is 7.08. The molecule has 1 aromatic heterocycles. The molecule has 0 fully saturated rings. The van der Waals surface area contributed by atoms with Gasteiger partial charge < -0.3 is 16.2 Å². The molecule has 0 aliphatic rings. The number of hydrogen-bond acceptors (Lipinski definition) is 4. The van der Waals surface area contributed by atoms with Crippen LogP contribution in [0.4, 0.5) is 11.4 Å². The molecule has 1 aromatic rings. The molecular formula is C11H19N3O. The monoisotopic (exact) mass is 209 g/mol. The van der Waals surface area contributed by atoms with Crippen LogP contribution in [0.25, 0.3) is 0 Å². The average molecular weight is 209 g/mol. The van der Waals surface area contributed by atoms with Gasteiger partial charge in [0, 0.05) is 12.7 Å². The van der Waals surface area contributed by atoms with Crippen LogP contribution in [-0.4, -0.2) is 22.7 Å². The van der Waals surface area contributed by atoms with Crippen molar-refractivity contribution in [2.45, 2.75) is 26.4 Å². The van der Waals surface area contributed by atoms with Crippen molar-refractivity contribution in [3.8, 4) is 0 Å². The smallest absolute Gasteiger partial charge is 0.0715 e. The highest BCUT2D eigenvalue weighted by molar-refractivity contribution is 5.51. The van der Waals surface area contributed by atoms with E-state index in [0.29, 0.717) is 18.2 Å². The van der Waals surface area contributed by atoms with Gasteiger partial charge in [-0.15, -0.1) is 0 Å². The van der Waals surface area contributed by atoms with Crippen LogP contribution in [0.1, 0.15) is 20.3 Å². The Hall–Kier alpha value is -1.29. The minimum atomic E-state index is -0.327. The van der Waals surface area contributed by atoms with E-state index in [9.17, 15) is 5.11 Å². The molecule has 1 atom stereocenters. The van der Waals surface area contributed by atoms with Crippen molar-refractivity contribution in [3.05, 3.63) is 18.5 Å². The van der Waals surface area contributed by atoms with Crippen LogP contribution in [0, 0.1) is 5.92 Å². The van der Waals surface area contributed by atoms with E-state index in [1.165, 1.54) is 0 Å². The zero-order valence-corrected chi connectivity index (χ0v) is 9.27. The lowest BCUT2D eigenvalue weighted by molar-refractivity contribution is 0.161. The van der Waals surface area contributed by atoms with Crippen LogP contribution in [-0.2, 0) is 0 Å². The maximum absolute atomic E-state index is 9.64. The Bertz CT molecular complexity index is 302. The number of nitrogens with two attached hydrogens (primary N) is 1. The molecule has 4 nitrogen and oxygen atoms in total. The van der Waals surface area contributed by atoms with E-state index in [1.54, 1.807) is 18.5 Å². The first kappa shape index (κ1) is 11.8. The van der Waals surface area contributed by atoms with E-state index in [0.717, 1.165) is 12.1 Å². The molecule has 0 radical (unpaired) electrons. The van der Waals surface area contributed by atoms with Gasteiger partial charge in [-0.1, -0.05) is 13.8 Å². The number of anilines is 2. The molecule has 15 heavy (non-hydrogen) atoms. The first-order valence-electron chi connectivity index (χ1n) is 5.20. The Kier molecular flexibility index (Phi) is 4.37. The molecule has 0 amide bonds. The van der Waals surface area contributed by atoms with E-state index < -0.39 is 0 Å². The largest absolute Gasteiger partial charge is 0.397 e. The number of rotatable bonds is 5. The maximum atomic E-state index is 9.64. The van der Waals surface area contributed by atoms with Crippen molar-refractivity contribution in [1.82, 2.24) is 4.98 Å². The number of aliphatic hydroxyl groups excluding tert-OH is 1. The highest BCUT2D eigenvalue weighted by atomic mass is 16.3. The SMILES string of the molecule is CC(C)CC(O)CNc1cncc(N)c1. The zero-order chi connectivity index (χ0) is 11.3. The van der Waals surface area contributed by atoms with Gasteiger partial charge in [-0.05, 0) is 18.4 Å². The fourth-order valence-corrected chi connectivity index (χ4v) is 1.42. The zero-order valence-electron chi connectivity index (χ0n) is 9.27. The number of pyridine rings is 1. The van der Waals surface area contributed by atoms with Gasteiger partial charge >= 0.3 is 0 Å². The summed E-state index contributed by atoms with van der Waals surface area (Å²) in [6, 6.07) is 1.80. The highest BCUT2D eigenvalue weighted by Gasteiger charge is 2.06. The minimum Gasteiger partial charge on any atom is -0.397 e. The van der Waals surface area contributed by atoms with E-state index in [1.807, 2.05) is 0 Å². The first-order valence-corrected chi connectivity index (χ1v) is 5.20. The van der Waals surface area contributed by atoms with Gasteiger partial charge in [0.25, 0.3) is 0 Å². The molecule has 4 heteroatoms. The number of nitrogens with zero attached hydrogens (tertiary/aromatic N) is 1. The molecular weight excluding hydrogens is 190 g/mol. The summed E-state index contributed by atoms with van der Waals surface area (Å²) in [7, 11) is 0. The van der Waals surface area contributed by atoms with E-state index in [2.05, 4.69) is 24.1 Å². The molecule has 1 rings (SSSR count). The van der Waals surface area contributed by atoms with Crippen molar-refractivity contribution < 1.29 is 5.11 Å². The quantitative estimate of drug-likeness (QED) is 0.687. The fourth-order valence-electron chi connectivity index (χ4n) is 1.42. The van der Waals surface area contributed by atoms with Crippen LogP contribution in [0.2, 0.25) is 0 Å². The Morgan fingerprint density at radius 3 is 2.80 bits per heavy atom. The Morgan fingerprint density at radius 2 is 2.20 bits per heavy atom. The number of nitrogen functional groups attached to an aromatic ring is 1. The molecule has 1 unspecified atom stereocenters. The van der Waals surface area contributed by atoms with Crippen LogP contribution in [0.15, 0.2) is 18.5 Å². The maximum Gasteiger partial charge on any atom is 0.0715 e. The summed E-state index contributed by atoms with van der Waals surface area (Å²) in [5, 5.41) is 12.7. The van der Waals surface area contributed by atoms with Crippen molar-refractivity contribution in [2.75, 3.05) is 17.6 Å². The standard InChI is InChI=1S/C11H19N3O/c1-8(2)3-11(15)7-14-10-4-9(12)5-13-6-10/h4-6,8,11,14-15H,3,7,12H2,1-2H3. The number of aromatic nitrogens is 1. The van der Waals surface area contributed by atoms with Crippen LogP contribution in [0.3, 0.4) is 0 Å². The van der Waals surface area contributed by atoms with E-state index >= 15 is 0 Å². The summed E-state index contributed by atoms with van der Waals surface area (Å²) >= 11 is 0. The minimum absolute atomic E-state index is 0.327. The molecule has 4 N–H and O–H groups in total. The molecule has 84 valence electrons. The van der Waals surface area contributed by atoms with Gasteiger partial charge in [0.05, 0.1) is 23.7 Å². The lowest BCUT2D eigenvalue weighted by Gasteiger charge is -2.14. The third kappa shape index (κ3) is 4.65. The molecule has 0 aliphatic carbocycles. The predicted molar refractivity (Wildman–Crippen MR) is 62.6 cm³/mol. The van der Waals surface area contributed by atoms with E-state index in [-0.39, 0.29) is 6.10 Å². The predicted octanol–water partition coefficient (Wildman–Crippen LogP) is 1.48. The normalized spacial score (nSPS) is 12.8. The average Bonchev–Trinajstić information content (AvgIpc) is 2.14. The Balaban J connectivity index is 2.36. The second-order valence-electron chi connectivity index (χ2n) is 4.17. The number of hydrogen-bond donors (Lipinski definition) is 3. The third-order valence-electron chi connectivity index (χ3n) is 2.04. The van der Waals surface area contributed by atoms with Crippen LogP contribution < -0.4 is 11.1 Å². The van der Waals surface area contributed by atoms with Gasteiger partial charge in [0.15, 0.2) is 0 Å². The molecule has 1 heterocycles. The summed E-state index contributed by atoms with van der Waals surface area (Å²) in [6.45, 7) is 4.71. The summed E-state index contributed by atoms with van der Waals surface area (Å²) in [6.07, 6.45) is 3.75. The highest BCUT2D eigenvalue weighted by Crippen LogP contribution is 2.10. The van der Waals surface area contributed by atoms with Gasteiger partial charge in [0.1, 0.15) is 0 Å². The Labute approximate surface area is 90.5 Å². The second kappa shape index (κ2) is 5.56. The van der Waals surface area contributed by atoms with Gasteiger partial charge in [-0.3, -0.25) is 4.98 Å². The fraction of sp³-hybridized carbons (Fsp3) is 0.545. The van der Waals surface area contributed by atoms with Crippen molar-refractivity contribution in [1.29, 1.82) is 0 Å². The molecule has 0 aromatic carbocycles. The van der Waals surface area contributed by atoms with Crippen LogP contribution in [0.5, 0.6) is 0 Å². The third-order valence-corrected chi connectivity index (χ3v) is 2.04. The van der Waals surface area contributed by atoms with Gasteiger partial charge in [-0.25, -0.2) is 0 Å². The second-order valence-corrected chi connectivity index (χ2v) is 4.17. The number of aliphatic hydroxyl groups is 1. The van der Waals surface area contributed by atoms with E-state index in [4.69, 9.17) is 5.73 Å². The van der Waals surface area contributed by atoms with Crippen molar-refractivity contribution in [3.63, 3.8) is 0 Å². The van der Waals surface area contributed by atoms with Gasteiger partial charge in [-0.2, -0.15) is 0 Å². The molecule has 0 saturated heterocycles. The molecule has 0 aliphatic heterocycles. The lowest BCUT2D eigenvalue weighted by Crippen LogP contribution is -2.21. The summed E-state index contributed by atoms with van der Waals surface area (Å²) < 4.78 is 0. The molecule has 0 saturated carbocycles. The summed E-state index contributed by atoms with van der Waals surface area (Å²) in [5.41, 5.74) is 7.05. The van der Waals surface area contributed by atoms with Crippen molar-refractivity contribution >= 4 is 11.4 Å². The lowest BCUT2D eigenvalue weighted by atomic mass is 10.1. The van der Waals surface area contributed by atoms with Gasteiger partial charge in [0.2, 0.25) is 0 Å². The summed E-state index contributed by atoms with van der Waals surface area (Å²) in [4.78, 5) is 3.95. The topological polar surface area (TPSA) is 71.2 Å². The molecule has 0 spiro atoms.